The molecule has 1 fully saturated rings. The summed E-state index contributed by atoms with van der Waals surface area (Å²) in [7, 11) is 2.07. The summed E-state index contributed by atoms with van der Waals surface area (Å²) in [6.45, 7) is 6.32. The van der Waals surface area contributed by atoms with Crippen LogP contribution in [0.4, 0.5) is 0 Å². The van der Waals surface area contributed by atoms with E-state index in [0.29, 0.717) is 18.1 Å². The van der Waals surface area contributed by atoms with E-state index in [1.807, 2.05) is 12.4 Å². The zero-order chi connectivity index (χ0) is 13.0. The summed E-state index contributed by atoms with van der Waals surface area (Å²) >= 11 is 0. The van der Waals surface area contributed by atoms with Crippen LogP contribution in [0.2, 0.25) is 0 Å². The van der Waals surface area contributed by atoms with E-state index in [2.05, 4.69) is 35.8 Å². The van der Waals surface area contributed by atoms with Crippen molar-refractivity contribution in [1.29, 1.82) is 0 Å². The largest absolute Gasteiger partial charge is 0.378 e. The fraction of sp³-hybridized carbons (Fsp3) is 0.786. The fourth-order valence-electron chi connectivity index (χ4n) is 2.88. The predicted molar refractivity (Wildman–Crippen MR) is 72.4 cm³/mol. The highest BCUT2D eigenvalue weighted by molar-refractivity contribution is 5.03. The minimum Gasteiger partial charge on any atom is -0.378 e. The van der Waals surface area contributed by atoms with Crippen LogP contribution in [-0.2, 0) is 11.8 Å². The SMILES string of the molecule is CCCNC(c1nccn1C)C1CCOC1CC. The lowest BCUT2D eigenvalue weighted by atomic mass is 9.90. The van der Waals surface area contributed by atoms with E-state index in [1.165, 1.54) is 0 Å². The molecular formula is C14H25N3O. The number of imidazole rings is 1. The molecule has 1 aliphatic heterocycles. The maximum Gasteiger partial charge on any atom is 0.125 e. The second kappa shape index (κ2) is 6.34. The van der Waals surface area contributed by atoms with Gasteiger partial charge in [0.25, 0.3) is 0 Å². The second-order valence-electron chi connectivity index (χ2n) is 5.10. The van der Waals surface area contributed by atoms with Crippen molar-refractivity contribution >= 4 is 0 Å². The van der Waals surface area contributed by atoms with Gasteiger partial charge >= 0.3 is 0 Å². The number of nitrogens with one attached hydrogen (secondary N) is 1. The Morgan fingerprint density at radius 1 is 1.56 bits per heavy atom. The van der Waals surface area contributed by atoms with E-state index in [9.17, 15) is 0 Å². The minimum atomic E-state index is 0.317. The van der Waals surface area contributed by atoms with Crippen LogP contribution in [0, 0.1) is 5.92 Å². The van der Waals surface area contributed by atoms with Crippen LogP contribution in [0.25, 0.3) is 0 Å². The first-order chi connectivity index (χ1) is 8.77. The van der Waals surface area contributed by atoms with Gasteiger partial charge in [-0.3, -0.25) is 0 Å². The molecule has 1 aromatic rings. The van der Waals surface area contributed by atoms with Gasteiger partial charge in [0.1, 0.15) is 5.82 Å². The van der Waals surface area contributed by atoms with E-state index >= 15 is 0 Å². The third kappa shape index (κ3) is 2.75. The normalized spacial score (nSPS) is 25.5. The number of aryl methyl sites for hydroxylation is 1. The van der Waals surface area contributed by atoms with Crippen LogP contribution in [0.5, 0.6) is 0 Å². The van der Waals surface area contributed by atoms with Crippen molar-refractivity contribution in [2.24, 2.45) is 13.0 Å². The van der Waals surface area contributed by atoms with Crippen molar-refractivity contribution in [3.05, 3.63) is 18.2 Å². The molecule has 4 nitrogen and oxygen atoms in total. The topological polar surface area (TPSA) is 39.1 Å². The Kier molecular flexibility index (Phi) is 4.78. The van der Waals surface area contributed by atoms with E-state index < -0.39 is 0 Å². The van der Waals surface area contributed by atoms with Gasteiger partial charge < -0.3 is 14.6 Å². The van der Waals surface area contributed by atoms with E-state index in [1.54, 1.807) is 0 Å². The average Bonchev–Trinajstić information content (AvgIpc) is 2.99. The Labute approximate surface area is 110 Å². The Hall–Kier alpha value is -0.870. The van der Waals surface area contributed by atoms with Crippen molar-refractivity contribution < 1.29 is 4.74 Å². The van der Waals surface area contributed by atoms with E-state index in [-0.39, 0.29) is 0 Å². The highest BCUT2D eigenvalue weighted by Crippen LogP contribution is 2.34. The highest BCUT2D eigenvalue weighted by Gasteiger charge is 2.35. The number of hydrogen-bond donors (Lipinski definition) is 1. The van der Waals surface area contributed by atoms with E-state index in [4.69, 9.17) is 4.74 Å². The highest BCUT2D eigenvalue weighted by atomic mass is 16.5. The fourth-order valence-corrected chi connectivity index (χ4v) is 2.88. The number of hydrogen-bond acceptors (Lipinski definition) is 3. The lowest BCUT2D eigenvalue weighted by Gasteiger charge is -2.27. The van der Waals surface area contributed by atoms with Crippen LogP contribution in [-0.4, -0.2) is 28.8 Å². The lowest BCUT2D eigenvalue weighted by Crippen LogP contribution is -2.35. The molecule has 0 saturated carbocycles. The maximum absolute atomic E-state index is 5.84. The van der Waals surface area contributed by atoms with Gasteiger partial charge in [-0.1, -0.05) is 13.8 Å². The molecule has 2 heterocycles. The van der Waals surface area contributed by atoms with Crippen molar-refractivity contribution in [1.82, 2.24) is 14.9 Å². The van der Waals surface area contributed by atoms with E-state index in [0.717, 1.165) is 38.2 Å². The third-order valence-corrected chi connectivity index (χ3v) is 3.84. The molecule has 0 radical (unpaired) electrons. The number of aromatic nitrogens is 2. The molecule has 18 heavy (non-hydrogen) atoms. The Balaban J connectivity index is 2.17. The molecule has 1 aliphatic rings. The van der Waals surface area contributed by atoms with Crippen molar-refractivity contribution in [3.8, 4) is 0 Å². The molecule has 0 bridgehead atoms. The van der Waals surface area contributed by atoms with Crippen molar-refractivity contribution in [3.63, 3.8) is 0 Å². The monoisotopic (exact) mass is 251 g/mol. The van der Waals surface area contributed by atoms with Gasteiger partial charge in [0.15, 0.2) is 0 Å². The molecule has 4 heteroatoms. The Bertz CT molecular complexity index is 364. The van der Waals surface area contributed by atoms with Crippen molar-refractivity contribution in [2.75, 3.05) is 13.2 Å². The quantitative estimate of drug-likeness (QED) is 0.843. The molecule has 3 atom stereocenters. The second-order valence-corrected chi connectivity index (χ2v) is 5.10. The number of nitrogens with zero attached hydrogens (tertiary/aromatic N) is 2. The minimum absolute atomic E-state index is 0.317. The lowest BCUT2D eigenvalue weighted by molar-refractivity contribution is 0.0761. The van der Waals surface area contributed by atoms with Gasteiger partial charge in [0, 0.05) is 32.0 Å². The zero-order valence-corrected chi connectivity index (χ0v) is 11.7. The molecule has 2 rings (SSSR count). The average molecular weight is 251 g/mol. The van der Waals surface area contributed by atoms with Crippen LogP contribution >= 0.6 is 0 Å². The smallest absolute Gasteiger partial charge is 0.125 e. The van der Waals surface area contributed by atoms with Crippen LogP contribution < -0.4 is 5.32 Å². The summed E-state index contributed by atoms with van der Waals surface area (Å²) in [4.78, 5) is 4.53. The van der Waals surface area contributed by atoms with Gasteiger partial charge in [0.05, 0.1) is 12.1 Å². The number of rotatable bonds is 6. The summed E-state index contributed by atoms with van der Waals surface area (Å²) in [5, 5.41) is 3.66. The van der Waals surface area contributed by atoms with Gasteiger partial charge in [-0.05, 0) is 25.8 Å². The molecular weight excluding hydrogens is 226 g/mol. The molecule has 3 unspecified atom stereocenters. The van der Waals surface area contributed by atoms with Crippen LogP contribution in [0.3, 0.4) is 0 Å². The summed E-state index contributed by atoms with van der Waals surface area (Å²) in [5.74, 6) is 1.68. The Morgan fingerprint density at radius 2 is 2.39 bits per heavy atom. The molecule has 1 aromatic heterocycles. The first-order valence-electron chi connectivity index (χ1n) is 7.10. The van der Waals surface area contributed by atoms with Gasteiger partial charge in [0.2, 0.25) is 0 Å². The molecule has 102 valence electrons. The Morgan fingerprint density at radius 3 is 3.00 bits per heavy atom. The maximum atomic E-state index is 5.84. The molecule has 0 amide bonds. The summed E-state index contributed by atoms with van der Waals surface area (Å²) < 4.78 is 7.96. The zero-order valence-electron chi connectivity index (χ0n) is 11.7. The third-order valence-electron chi connectivity index (χ3n) is 3.84. The molecule has 0 aliphatic carbocycles. The summed E-state index contributed by atoms with van der Waals surface area (Å²) in [5.41, 5.74) is 0. The first kappa shape index (κ1) is 13.6. The van der Waals surface area contributed by atoms with Gasteiger partial charge in [-0.25, -0.2) is 4.98 Å². The van der Waals surface area contributed by atoms with Crippen LogP contribution in [0.15, 0.2) is 12.4 Å². The van der Waals surface area contributed by atoms with Gasteiger partial charge in [-0.2, -0.15) is 0 Å². The van der Waals surface area contributed by atoms with Crippen LogP contribution in [0.1, 0.15) is 45.0 Å². The van der Waals surface area contributed by atoms with Gasteiger partial charge in [-0.15, -0.1) is 0 Å². The first-order valence-corrected chi connectivity index (χ1v) is 7.10. The number of ether oxygens (including phenoxy) is 1. The predicted octanol–water partition coefficient (Wildman–Crippen LogP) is 2.28. The molecule has 0 aromatic carbocycles. The summed E-state index contributed by atoms with van der Waals surface area (Å²) in [6.07, 6.45) is 7.63. The summed E-state index contributed by atoms with van der Waals surface area (Å²) in [6, 6.07) is 0.317. The molecule has 1 saturated heterocycles. The molecule has 0 spiro atoms. The standard InChI is InChI=1S/C14H25N3O/c1-4-7-15-13(14-16-8-9-17(14)3)11-6-10-18-12(11)5-2/h8-9,11-13,15H,4-7,10H2,1-3H3. The van der Waals surface area contributed by atoms with Crippen molar-refractivity contribution in [2.45, 2.75) is 45.3 Å². The molecule has 1 N–H and O–H groups in total.